The molecule has 0 fully saturated rings. The average Bonchev–Trinajstić information content (AvgIpc) is 2.63. The van der Waals surface area contributed by atoms with Crippen LogP contribution in [0.1, 0.15) is 6.92 Å². The fraction of sp³-hybridized carbons (Fsp3) is 0.316. The Hall–Kier alpha value is -2.34. The molecule has 0 bridgehead atoms. The van der Waals surface area contributed by atoms with Crippen molar-refractivity contribution in [2.24, 2.45) is 0 Å². The zero-order valence-corrected chi connectivity index (χ0v) is 15.6. The molecule has 0 spiro atoms. The summed E-state index contributed by atoms with van der Waals surface area (Å²) in [5.41, 5.74) is 0.783. The lowest BCUT2D eigenvalue weighted by molar-refractivity contribution is 0.207. The maximum absolute atomic E-state index is 12.2. The minimum absolute atomic E-state index is 0.162. The first-order chi connectivity index (χ1) is 12.1. The molecule has 25 heavy (non-hydrogen) atoms. The van der Waals surface area contributed by atoms with Crippen LogP contribution in [-0.2, 0) is 0 Å². The molecule has 1 N–H and O–H groups in total. The predicted molar refractivity (Wildman–Crippen MR) is 103 cm³/mol. The molecule has 0 atom stereocenters. The molecule has 5 nitrogen and oxygen atoms in total. The van der Waals surface area contributed by atoms with E-state index in [0.717, 1.165) is 22.9 Å². The molecule has 6 heteroatoms. The van der Waals surface area contributed by atoms with E-state index in [4.69, 9.17) is 9.47 Å². The Labute approximate surface area is 153 Å². The third kappa shape index (κ3) is 6.23. The van der Waals surface area contributed by atoms with Crippen molar-refractivity contribution in [1.29, 1.82) is 0 Å². The lowest BCUT2D eigenvalue weighted by Crippen LogP contribution is -2.34. The number of rotatable bonds is 8. The number of hydrogen-bond donors (Lipinski definition) is 1. The quantitative estimate of drug-likeness (QED) is 0.711. The summed E-state index contributed by atoms with van der Waals surface area (Å²) < 4.78 is 10.8. The molecule has 0 unspecified atom stereocenters. The SMILES string of the molecule is CCSc1ccc(NC(=O)N(C)CCOc2cccc(OC)c2)cc1. The first kappa shape index (κ1) is 19.0. The highest BCUT2D eigenvalue weighted by molar-refractivity contribution is 7.99. The Balaban J connectivity index is 1.77. The lowest BCUT2D eigenvalue weighted by atomic mass is 10.3. The van der Waals surface area contributed by atoms with Gasteiger partial charge in [-0.15, -0.1) is 11.8 Å². The number of hydrogen-bond acceptors (Lipinski definition) is 4. The number of nitrogens with one attached hydrogen (secondary N) is 1. The van der Waals surface area contributed by atoms with Crippen molar-refractivity contribution >= 4 is 23.5 Å². The van der Waals surface area contributed by atoms with Crippen LogP contribution in [0.15, 0.2) is 53.4 Å². The monoisotopic (exact) mass is 360 g/mol. The number of ether oxygens (including phenoxy) is 2. The van der Waals surface area contributed by atoms with Gasteiger partial charge in [0.2, 0.25) is 0 Å². The molecule has 0 aromatic heterocycles. The highest BCUT2D eigenvalue weighted by atomic mass is 32.2. The summed E-state index contributed by atoms with van der Waals surface area (Å²) in [5.74, 6) is 2.49. The first-order valence-corrected chi connectivity index (χ1v) is 9.12. The third-order valence-corrected chi connectivity index (χ3v) is 4.39. The van der Waals surface area contributed by atoms with Gasteiger partial charge in [0.15, 0.2) is 0 Å². The molecular formula is C19H24N2O3S. The van der Waals surface area contributed by atoms with Gasteiger partial charge in [0, 0.05) is 23.7 Å². The molecule has 2 amide bonds. The standard InChI is InChI=1S/C19H24N2O3S/c1-4-25-18-10-8-15(9-11-18)20-19(22)21(2)12-13-24-17-7-5-6-16(14-17)23-3/h5-11,14H,4,12-13H2,1-3H3,(H,20,22). The third-order valence-electron chi connectivity index (χ3n) is 3.50. The maximum Gasteiger partial charge on any atom is 0.321 e. The lowest BCUT2D eigenvalue weighted by Gasteiger charge is -2.18. The summed E-state index contributed by atoms with van der Waals surface area (Å²) in [5, 5.41) is 2.88. The number of carbonyl (C=O) groups excluding carboxylic acids is 1. The zero-order chi connectivity index (χ0) is 18.1. The summed E-state index contributed by atoms with van der Waals surface area (Å²) in [7, 11) is 3.36. The van der Waals surface area contributed by atoms with Crippen molar-refractivity contribution in [3.8, 4) is 11.5 Å². The molecule has 0 saturated carbocycles. The van der Waals surface area contributed by atoms with Crippen LogP contribution in [-0.4, -0.2) is 44.0 Å². The Kier molecular flexibility index (Phi) is 7.47. The largest absolute Gasteiger partial charge is 0.497 e. The fourth-order valence-electron chi connectivity index (χ4n) is 2.11. The van der Waals surface area contributed by atoms with Crippen LogP contribution >= 0.6 is 11.8 Å². The Morgan fingerprint density at radius 1 is 1.16 bits per heavy atom. The highest BCUT2D eigenvalue weighted by Crippen LogP contribution is 2.20. The Bertz CT molecular complexity index is 677. The minimum Gasteiger partial charge on any atom is -0.497 e. The second-order valence-corrected chi connectivity index (χ2v) is 6.67. The van der Waals surface area contributed by atoms with E-state index in [-0.39, 0.29) is 6.03 Å². The number of carbonyl (C=O) groups is 1. The average molecular weight is 360 g/mol. The maximum atomic E-state index is 12.2. The molecule has 0 radical (unpaired) electrons. The number of amides is 2. The van der Waals surface area contributed by atoms with Crippen molar-refractivity contribution < 1.29 is 14.3 Å². The van der Waals surface area contributed by atoms with E-state index >= 15 is 0 Å². The van der Waals surface area contributed by atoms with Gasteiger partial charge in [-0.25, -0.2) is 4.79 Å². The summed E-state index contributed by atoms with van der Waals surface area (Å²) in [6.07, 6.45) is 0. The van der Waals surface area contributed by atoms with Gasteiger partial charge in [-0.3, -0.25) is 0 Å². The smallest absolute Gasteiger partial charge is 0.321 e. The van der Waals surface area contributed by atoms with Crippen LogP contribution in [0.2, 0.25) is 0 Å². The van der Waals surface area contributed by atoms with Crippen molar-refractivity contribution in [2.75, 3.05) is 38.4 Å². The number of anilines is 1. The van der Waals surface area contributed by atoms with Gasteiger partial charge in [-0.05, 0) is 42.2 Å². The van der Waals surface area contributed by atoms with Gasteiger partial charge < -0.3 is 19.7 Å². The van der Waals surface area contributed by atoms with Crippen LogP contribution in [0.4, 0.5) is 10.5 Å². The van der Waals surface area contributed by atoms with Crippen LogP contribution < -0.4 is 14.8 Å². The molecule has 0 heterocycles. The Morgan fingerprint density at radius 2 is 1.88 bits per heavy atom. The van der Waals surface area contributed by atoms with E-state index in [0.29, 0.717) is 13.2 Å². The van der Waals surface area contributed by atoms with Crippen LogP contribution in [0, 0.1) is 0 Å². The molecule has 2 aromatic carbocycles. The molecule has 0 saturated heterocycles. The summed E-state index contributed by atoms with van der Waals surface area (Å²) >= 11 is 1.77. The molecule has 0 aliphatic rings. The van der Waals surface area contributed by atoms with Crippen LogP contribution in [0.3, 0.4) is 0 Å². The van der Waals surface area contributed by atoms with E-state index in [1.807, 2.05) is 48.5 Å². The summed E-state index contributed by atoms with van der Waals surface area (Å²) in [6.45, 7) is 3.00. The van der Waals surface area contributed by atoms with Gasteiger partial charge in [0.25, 0.3) is 0 Å². The molecule has 0 aliphatic carbocycles. The summed E-state index contributed by atoms with van der Waals surface area (Å²) in [6, 6.07) is 15.1. The van der Waals surface area contributed by atoms with Gasteiger partial charge in [-0.2, -0.15) is 0 Å². The highest BCUT2D eigenvalue weighted by Gasteiger charge is 2.09. The van der Waals surface area contributed by atoms with Crippen molar-refractivity contribution in [2.45, 2.75) is 11.8 Å². The molecule has 134 valence electrons. The van der Waals surface area contributed by atoms with Crippen LogP contribution in [0.5, 0.6) is 11.5 Å². The predicted octanol–water partition coefficient (Wildman–Crippen LogP) is 4.35. The molecule has 0 aliphatic heterocycles. The topological polar surface area (TPSA) is 50.8 Å². The number of methoxy groups -OCH3 is 1. The van der Waals surface area contributed by atoms with Crippen molar-refractivity contribution in [3.05, 3.63) is 48.5 Å². The van der Waals surface area contributed by atoms with E-state index in [9.17, 15) is 4.79 Å². The molecular weight excluding hydrogens is 336 g/mol. The van der Waals surface area contributed by atoms with Crippen molar-refractivity contribution in [1.82, 2.24) is 4.90 Å². The van der Waals surface area contributed by atoms with E-state index < -0.39 is 0 Å². The normalized spacial score (nSPS) is 10.2. The second-order valence-electron chi connectivity index (χ2n) is 5.34. The van der Waals surface area contributed by atoms with Crippen LogP contribution in [0.25, 0.3) is 0 Å². The number of nitrogens with zero attached hydrogens (tertiary/aromatic N) is 1. The number of benzene rings is 2. The Morgan fingerprint density at radius 3 is 2.56 bits per heavy atom. The van der Waals surface area contributed by atoms with E-state index in [2.05, 4.69) is 12.2 Å². The van der Waals surface area contributed by atoms with E-state index in [1.165, 1.54) is 4.90 Å². The molecule has 2 aromatic rings. The number of urea groups is 1. The first-order valence-electron chi connectivity index (χ1n) is 8.14. The zero-order valence-electron chi connectivity index (χ0n) is 14.8. The number of thioether (sulfide) groups is 1. The molecule has 2 rings (SSSR count). The van der Waals surface area contributed by atoms with Gasteiger partial charge in [0.05, 0.1) is 13.7 Å². The van der Waals surface area contributed by atoms with Gasteiger partial charge in [0.1, 0.15) is 18.1 Å². The minimum atomic E-state index is -0.162. The number of likely N-dealkylation sites (N-methyl/N-ethyl adjacent to an activating group) is 1. The fourth-order valence-corrected chi connectivity index (χ4v) is 2.77. The second kappa shape index (κ2) is 9.84. The van der Waals surface area contributed by atoms with E-state index in [1.54, 1.807) is 30.8 Å². The van der Waals surface area contributed by atoms with Crippen molar-refractivity contribution in [3.63, 3.8) is 0 Å². The van der Waals surface area contributed by atoms with Gasteiger partial charge >= 0.3 is 6.03 Å². The van der Waals surface area contributed by atoms with Gasteiger partial charge in [-0.1, -0.05) is 13.0 Å². The summed E-state index contributed by atoms with van der Waals surface area (Å²) in [4.78, 5) is 15.0.